The summed E-state index contributed by atoms with van der Waals surface area (Å²) in [5, 5.41) is 21.5. The molecule has 10 heteroatoms. The van der Waals surface area contributed by atoms with Crippen LogP contribution in [0.2, 0.25) is 0 Å². The molecule has 3 N–H and O–H groups in total. The van der Waals surface area contributed by atoms with Gasteiger partial charge in [0.05, 0.1) is 16.3 Å². The lowest BCUT2D eigenvalue weighted by atomic mass is 9.79. The molecule has 0 fully saturated rings. The molecule has 2 aromatic rings. The van der Waals surface area contributed by atoms with Crippen molar-refractivity contribution < 1.29 is 28.2 Å². The summed E-state index contributed by atoms with van der Waals surface area (Å²) in [5.74, 6) is -2.14. The van der Waals surface area contributed by atoms with E-state index in [1.54, 1.807) is 6.07 Å². The van der Waals surface area contributed by atoms with Gasteiger partial charge in [-0.1, -0.05) is 57.7 Å². The highest BCUT2D eigenvalue weighted by Gasteiger charge is 2.42. The number of fused-ring (bicyclic) bond motifs is 1. The normalized spacial score (nSPS) is 16.6. The molecule has 0 saturated heterocycles. The molecule has 0 aliphatic carbocycles. The number of aliphatic carboxylic acids is 2. The maximum absolute atomic E-state index is 14.2. The summed E-state index contributed by atoms with van der Waals surface area (Å²) in [4.78, 5) is 26.0. The smallest absolute Gasteiger partial charge is 0.320 e. The molecule has 0 spiro atoms. The first-order chi connectivity index (χ1) is 19.1. The molecule has 0 saturated carbocycles. The van der Waals surface area contributed by atoms with E-state index in [4.69, 9.17) is 5.11 Å². The fraction of sp³-hybridized carbons (Fsp3) is 0.533. The number of anilines is 2. The Bertz CT molecular complexity index is 1260. The van der Waals surface area contributed by atoms with E-state index in [1.807, 2.05) is 42.7 Å². The highest BCUT2D eigenvalue weighted by Crippen LogP contribution is 2.46. The fourth-order valence-corrected chi connectivity index (χ4v) is 8.28. The number of thioether (sulfide) groups is 1. The summed E-state index contributed by atoms with van der Waals surface area (Å²) in [7, 11) is -3.68. The Kier molecular flexibility index (Phi) is 11.5. The van der Waals surface area contributed by atoms with Crippen molar-refractivity contribution in [2.75, 3.05) is 23.5 Å². The fourth-order valence-electron chi connectivity index (χ4n) is 5.51. The molecule has 1 aliphatic rings. The number of carbonyl (C=O) groups is 2. The standard InChI is InChI=1S/C30H42N2O6S2/c1-4-6-15-30(16-7-5-2)20-32(23-11-9-8-10-12-23)25-18-26(39-3)22(17-27(25)40(37,38)21-30)19-31-24(29(35)36)13-14-28(33)34/h8-12,17-18,24,31H,4-7,13-16,19-21H2,1-3H3,(H,33,34)(H,35,36)/t24-/m0/s1. The summed E-state index contributed by atoms with van der Waals surface area (Å²) in [5.41, 5.74) is 1.87. The Morgan fingerprint density at radius 1 is 1.07 bits per heavy atom. The molecule has 40 heavy (non-hydrogen) atoms. The summed E-state index contributed by atoms with van der Waals surface area (Å²) in [6.07, 6.45) is 7.11. The van der Waals surface area contributed by atoms with Crippen LogP contribution in [0.25, 0.3) is 0 Å². The maximum atomic E-state index is 14.2. The number of carboxylic acid groups (broad SMARTS) is 2. The monoisotopic (exact) mass is 590 g/mol. The molecule has 1 heterocycles. The molecule has 0 bridgehead atoms. The van der Waals surface area contributed by atoms with E-state index in [-0.39, 0.29) is 30.0 Å². The molecule has 1 atom stereocenters. The Balaban J connectivity index is 2.12. The van der Waals surface area contributed by atoms with Gasteiger partial charge < -0.3 is 20.4 Å². The summed E-state index contributed by atoms with van der Waals surface area (Å²) >= 11 is 1.48. The zero-order valence-corrected chi connectivity index (χ0v) is 25.3. The van der Waals surface area contributed by atoms with E-state index in [2.05, 4.69) is 24.1 Å². The van der Waals surface area contributed by atoms with Gasteiger partial charge in [-0.3, -0.25) is 9.59 Å². The first kappa shape index (κ1) is 32.0. The second kappa shape index (κ2) is 14.4. The number of rotatable bonds is 15. The second-order valence-corrected chi connectivity index (χ2v) is 13.5. The number of carboxylic acids is 2. The van der Waals surface area contributed by atoms with Crippen LogP contribution in [-0.2, 0) is 26.0 Å². The van der Waals surface area contributed by atoms with Crippen LogP contribution in [0.3, 0.4) is 0 Å². The van der Waals surface area contributed by atoms with Crippen molar-refractivity contribution >= 4 is 44.9 Å². The van der Waals surface area contributed by atoms with E-state index in [1.165, 1.54) is 11.8 Å². The molecule has 0 unspecified atom stereocenters. The van der Waals surface area contributed by atoms with Crippen LogP contribution in [0.4, 0.5) is 11.4 Å². The van der Waals surface area contributed by atoms with Crippen LogP contribution >= 0.6 is 11.8 Å². The second-order valence-electron chi connectivity index (χ2n) is 10.7. The van der Waals surface area contributed by atoms with Crippen molar-refractivity contribution in [1.82, 2.24) is 5.32 Å². The average molecular weight is 591 g/mol. The van der Waals surface area contributed by atoms with E-state index in [0.29, 0.717) is 17.8 Å². The number of hydrogen-bond acceptors (Lipinski definition) is 7. The number of benzene rings is 2. The van der Waals surface area contributed by atoms with E-state index >= 15 is 0 Å². The largest absolute Gasteiger partial charge is 0.481 e. The summed E-state index contributed by atoms with van der Waals surface area (Å²) in [6.45, 7) is 4.98. The third-order valence-corrected chi connectivity index (χ3v) is 10.5. The lowest BCUT2D eigenvalue weighted by molar-refractivity contribution is -0.140. The molecular weight excluding hydrogens is 548 g/mol. The minimum atomic E-state index is -3.68. The van der Waals surface area contributed by atoms with Gasteiger partial charge in [0.25, 0.3) is 0 Å². The third-order valence-electron chi connectivity index (χ3n) is 7.65. The number of nitrogens with zero attached hydrogens (tertiary/aromatic N) is 1. The first-order valence-corrected chi connectivity index (χ1v) is 16.9. The maximum Gasteiger partial charge on any atom is 0.320 e. The van der Waals surface area contributed by atoms with E-state index in [0.717, 1.165) is 49.1 Å². The molecule has 2 aromatic carbocycles. The SMILES string of the molecule is CCCCC1(CCCC)CN(c2ccccc2)c2cc(SC)c(CN[C@@H](CCC(=O)O)C(=O)O)cc2S(=O)(=O)C1. The van der Waals surface area contributed by atoms with Crippen molar-refractivity contribution in [3.05, 3.63) is 48.0 Å². The van der Waals surface area contributed by atoms with Crippen molar-refractivity contribution in [1.29, 1.82) is 0 Å². The van der Waals surface area contributed by atoms with Crippen molar-refractivity contribution in [2.45, 2.75) is 87.6 Å². The van der Waals surface area contributed by atoms with Gasteiger partial charge in [0.15, 0.2) is 9.84 Å². The van der Waals surface area contributed by atoms with Gasteiger partial charge in [-0.15, -0.1) is 11.8 Å². The number of unbranched alkanes of at least 4 members (excludes halogenated alkanes) is 2. The van der Waals surface area contributed by atoms with Gasteiger partial charge in [-0.2, -0.15) is 0 Å². The summed E-state index contributed by atoms with van der Waals surface area (Å²) < 4.78 is 28.3. The molecule has 0 amide bonds. The number of para-hydroxylation sites is 1. The van der Waals surface area contributed by atoms with Gasteiger partial charge in [-0.05, 0) is 55.3 Å². The van der Waals surface area contributed by atoms with Crippen molar-refractivity contribution in [3.63, 3.8) is 0 Å². The van der Waals surface area contributed by atoms with Gasteiger partial charge >= 0.3 is 11.9 Å². The van der Waals surface area contributed by atoms with Crippen LogP contribution < -0.4 is 10.2 Å². The van der Waals surface area contributed by atoms with Crippen molar-refractivity contribution in [3.8, 4) is 0 Å². The van der Waals surface area contributed by atoms with Gasteiger partial charge in [-0.25, -0.2) is 8.42 Å². The highest BCUT2D eigenvalue weighted by atomic mass is 32.2. The van der Waals surface area contributed by atoms with Crippen LogP contribution in [0.5, 0.6) is 0 Å². The quantitative estimate of drug-likeness (QED) is 0.211. The zero-order valence-electron chi connectivity index (χ0n) is 23.7. The minimum absolute atomic E-state index is 0.0676. The van der Waals surface area contributed by atoms with E-state index < -0.39 is 33.2 Å². The first-order valence-electron chi connectivity index (χ1n) is 14.0. The lowest BCUT2D eigenvalue weighted by Crippen LogP contribution is -2.38. The Morgan fingerprint density at radius 2 is 1.73 bits per heavy atom. The van der Waals surface area contributed by atoms with Crippen LogP contribution in [0.1, 0.15) is 70.8 Å². The topological polar surface area (TPSA) is 124 Å². The molecule has 0 aromatic heterocycles. The van der Waals surface area contributed by atoms with Gasteiger partial charge in [0, 0.05) is 35.5 Å². The van der Waals surface area contributed by atoms with E-state index in [9.17, 15) is 23.1 Å². The van der Waals surface area contributed by atoms with Gasteiger partial charge in [0.2, 0.25) is 0 Å². The Morgan fingerprint density at radius 3 is 2.27 bits per heavy atom. The molecule has 1 aliphatic heterocycles. The Labute approximate surface area is 242 Å². The molecule has 220 valence electrons. The zero-order chi connectivity index (χ0) is 29.3. The third kappa shape index (κ3) is 8.01. The predicted molar refractivity (Wildman–Crippen MR) is 160 cm³/mol. The molecule has 3 rings (SSSR count). The average Bonchev–Trinajstić information content (AvgIpc) is 3.02. The number of nitrogens with one attached hydrogen (secondary N) is 1. The Hall–Kier alpha value is -2.56. The molecular formula is C30H42N2O6S2. The number of sulfone groups is 1. The number of hydrogen-bond donors (Lipinski definition) is 3. The minimum Gasteiger partial charge on any atom is -0.481 e. The van der Waals surface area contributed by atoms with Crippen LogP contribution in [0, 0.1) is 5.41 Å². The molecule has 8 nitrogen and oxygen atoms in total. The van der Waals surface area contributed by atoms with Crippen molar-refractivity contribution in [2.24, 2.45) is 5.41 Å². The summed E-state index contributed by atoms with van der Waals surface area (Å²) in [6, 6.07) is 12.5. The highest BCUT2D eigenvalue weighted by molar-refractivity contribution is 7.98. The van der Waals surface area contributed by atoms with Gasteiger partial charge in [0.1, 0.15) is 6.04 Å². The van der Waals surface area contributed by atoms with Crippen LogP contribution in [0.15, 0.2) is 52.3 Å². The predicted octanol–water partition coefficient (Wildman–Crippen LogP) is 6.11. The van der Waals surface area contributed by atoms with Crippen LogP contribution in [-0.4, -0.2) is 55.2 Å². The lowest BCUT2D eigenvalue weighted by Gasteiger charge is -2.37. The molecule has 0 radical (unpaired) electrons.